The second-order valence-corrected chi connectivity index (χ2v) is 8.43. The van der Waals surface area contributed by atoms with Crippen LogP contribution in [0.2, 0.25) is 0 Å². The van der Waals surface area contributed by atoms with E-state index in [-0.39, 0.29) is 25.0 Å². The van der Waals surface area contributed by atoms with Crippen LogP contribution in [0.25, 0.3) is 10.9 Å². The summed E-state index contributed by atoms with van der Waals surface area (Å²) in [4.78, 5) is 43.5. The Kier molecular flexibility index (Phi) is 5.70. The van der Waals surface area contributed by atoms with Gasteiger partial charge in [-0.3, -0.25) is 14.6 Å². The van der Waals surface area contributed by atoms with Crippen LogP contribution in [0.4, 0.5) is 0 Å². The number of carbonyl (C=O) groups is 3. The number of hydrogen-bond donors (Lipinski definition) is 1. The number of nitrogens with zero attached hydrogens (tertiary/aromatic N) is 2. The van der Waals surface area contributed by atoms with E-state index >= 15 is 0 Å². The van der Waals surface area contributed by atoms with Crippen molar-refractivity contribution in [2.45, 2.75) is 39.0 Å². The molecule has 2 amide bonds. The second kappa shape index (κ2) is 8.42. The van der Waals surface area contributed by atoms with Crippen LogP contribution in [-0.2, 0) is 27.2 Å². The first-order chi connectivity index (χ1) is 14.4. The number of likely N-dealkylation sites (tertiary alicyclic amines) is 1. The number of rotatable bonds is 4. The number of carbonyl (C=O) groups excluding carboxylic acids is 3. The minimum Gasteiger partial charge on any atom is -0.452 e. The summed E-state index contributed by atoms with van der Waals surface area (Å²) in [5.74, 6) is -1.05. The molecule has 7 nitrogen and oxygen atoms in total. The minimum absolute atomic E-state index is 0.289. The number of fused-ring (bicyclic) bond motifs is 2. The molecule has 1 fully saturated rings. The third kappa shape index (κ3) is 4.01. The molecule has 2 aromatic rings. The van der Waals surface area contributed by atoms with Crippen LogP contribution in [0.3, 0.4) is 0 Å². The summed E-state index contributed by atoms with van der Waals surface area (Å²) >= 11 is 0. The largest absolute Gasteiger partial charge is 0.452 e. The number of piperidine rings is 1. The molecular weight excluding hydrogens is 382 g/mol. The van der Waals surface area contributed by atoms with Gasteiger partial charge in [0, 0.05) is 24.2 Å². The predicted octanol–water partition coefficient (Wildman–Crippen LogP) is 2.24. The van der Waals surface area contributed by atoms with Crippen LogP contribution in [0.5, 0.6) is 0 Å². The fourth-order valence-corrected chi connectivity index (χ4v) is 4.52. The molecule has 0 saturated carbocycles. The average Bonchev–Trinajstić information content (AvgIpc) is 2.75. The van der Waals surface area contributed by atoms with E-state index < -0.39 is 11.9 Å². The summed E-state index contributed by atoms with van der Waals surface area (Å²) in [5.41, 5.74) is 8.58. The number of esters is 1. The smallest absolute Gasteiger partial charge is 0.339 e. The zero-order chi connectivity index (χ0) is 21.3. The van der Waals surface area contributed by atoms with E-state index in [1.54, 1.807) is 4.90 Å². The standard InChI is InChI=1S/C23H27N3O4/c1-14-8-9-19-17(11-14)21(16-6-2-3-7-18(16)25-19)23(29)30-13-20(27)26-10-4-5-15(12-26)22(24)28/h2-3,6-7,14-15H,4-5,8-13H2,1H3,(H2,24,28)/t14-,15-/m1/s1. The number of amides is 2. The van der Waals surface area contributed by atoms with Crippen molar-refractivity contribution < 1.29 is 19.1 Å². The maximum Gasteiger partial charge on any atom is 0.339 e. The van der Waals surface area contributed by atoms with Gasteiger partial charge in [0.05, 0.1) is 17.0 Å². The Balaban J connectivity index is 1.54. The Hall–Kier alpha value is -2.96. The van der Waals surface area contributed by atoms with Crippen molar-refractivity contribution >= 4 is 28.7 Å². The highest BCUT2D eigenvalue weighted by Crippen LogP contribution is 2.32. The predicted molar refractivity (Wildman–Crippen MR) is 112 cm³/mol. The highest BCUT2D eigenvalue weighted by atomic mass is 16.5. The van der Waals surface area contributed by atoms with Crippen LogP contribution in [0, 0.1) is 11.8 Å². The molecule has 1 saturated heterocycles. The molecule has 0 radical (unpaired) electrons. The normalized spacial score (nSPS) is 21.2. The summed E-state index contributed by atoms with van der Waals surface area (Å²) < 4.78 is 5.47. The van der Waals surface area contributed by atoms with E-state index in [1.165, 1.54) is 0 Å². The van der Waals surface area contributed by atoms with Crippen LogP contribution in [0.1, 0.15) is 47.8 Å². The van der Waals surface area contributed by atoms with Gasteiger partial charge in [-0.25, -0.2) is 4.79 Å². The summed E-state index contributed by atoms with van der Waals surface area (Å²) in [6.07, 6.45) is 4.06. The number of aryl methyl sites for hydroxylation is 1. The fraction of sp³-hybridized carbons (Fsp3) is 0.478. The van der Waals surface area contributed by atoms with Crippen molar-refractivity contribution in [3.63, 3.8) is 0 Å². The number of para-hydroxylation sites is 1. The Bertz CT molecular complexity index is 1000. The van der Waals surface area contributed by atoms with Crippen molar-refractivity contribution in [2.24, 2.45) is 17.6 Å². The maximum atomic E-state index is 13.1. The van der Waals surface area contributed by atoms with E-state index in [1.807, 2.05) is 24.3 Å². The molecule has 158 valence electrons. The van der Waals surface area contributed by atoms with E-state index in [0.29, 0.717) is 30.9 Å². The maximum absolute atomic E-state index is 13.1. The lowest BCUT2D eigenvalue weighted by atomic mass is 9.84. The van der Waals surface area contributed by atoms with Gasteiger partial charge in [-0.2, -0.15) is 0 Å². The molecule has 0 bridgehead atoms. The number of hydrogen-bond acceptors (Lipinski definition) is 5. The van der Waals surface area contributed by atoms with Crippen LogP contribution in [0.15, 0.2) is 24.3 Å². The lowest BCUT2D eigenvalue weighted by molar-refractivity contribution is -0.137. The molecule has 1 aromatic heterocycles. The van der Waals surface area contributed by atoms with Crippen LogP contribution in [-0.4, -0.2) is 47.4 Å². The van der Waals surface area contributed by atoms with Crippen LogP contribution < -0.4 is 5.73 Å². The van der Waals surface area contributed by atoms with Crippen molar-refractivity contribution in [1.82, 2.24) is 9.88 Å². The minimum atomic E-state index is -0.490. The van der Waals surface area contributed by atoms with Gasteiger partial charge in [-0.05, 0) is 49.7 Å². The molecule has 1 aliphatic carbocycles. The number of benzene rings is 1. The fourth-order valence-electron chi connectivity index (χ4n) is 4.52. The van der Waals surface area contributed by atoms with Gasteiger partial charge in [0.1, 0.15) is 0 Å². The first-order valence-corrected chi connectivity index (χ1v) is 10.6. The Labute approximate surface area is 175 Å². The van der Waals surface area contributed by atoms with E-state index in [2.05, 4.69) is 6.92 Å². The first kappa shape index (κ1) is 20.3. The van der Waals surface area contributed by atoms with Crippen molar-refractivity contribution in [3.8, 4) is 0 Å². The van der Waals surface area contributed by atoms with E-state index in [0.717, 1.165) is 41.4 Å². The molecule has 2 N–H and O–H groups in total. The molecule has 4 rings (SSSR count). The molecule has 7 heteroatoms. The van der Waals surface area contributed by atoms with Gasteiger partial charge in [0.15, 0.2) is 6.61 Å². The molecule has 0 spiro atoms. The summed E-state index contributed by atoms with van der Waals surface area (Å²) in [6, 6.07) is 7.55. The molecule has 2 heterocycles. The number of nitrogens with two attached hydrogens (primary N) is 1. The van der Waals surface area contributed by atoms with Gasteiger partial charge < -0.3 is 15.4 Å². The zero-order valence-electron chi connectivity index (χ0n) is 17.2. The van der Waals surface area contributed by atoms with Gasteiger partial charge in [-0.15, -0.1) is 0 Å². The summed E-state index contributed by atoms with van der Waals surface area (Å²) in [7, 11) is 0. The molecule has 2 atom stereocenters. The van der Waals surface area contributed by atoms with Crippen molar-refractivity contribution in [2.75, 3.05) is 19.7 Å². The third-order valence-electron chi connectivity index (χ3n) is 6.21. The van der Waals surface area contributed by atoms with Gasteiger partial charge >= 0.3 is 5.97 Å². The highest BCUT2D eigenvalue weighted by Gasteiger charge is 2.29. The number of ether oxygens (including phenoxy) is 1. The van der Waals surface area contributed by atoms with E-state index in [4.69, 9.17) is 15.5 Å². The first-order valence-electron chi connectivity index (χ1n) is 10.6. The number of primary amides is 1. The molecule has 2 aliphatic rings. The quantitative estimate of drug-likeness (QED) is 0.780. The number of aromatic nitrogens is 1. The van der Waals surface area contributed by atoms with E-state index in [9.17, 15) is 14.4 Å². The molecule has 30 heavy (non-hydrogen) atoms. The number of pyridine rings is 1. The Morgan fingerprint density at radius 2 is 2.03 bits per heavy atom. The zero-order valence-corrected chi connectivity index (χ0v) is 17.2. The van der Waals surface area contributed by atoms with Gasteiger partial charge in [-0.1, -0.05) is 25.1 Å². The van der Waals surface area contributed by atoms with Crippen molar-refractivity contribution in [1.29, 1.82) is 0 Å². The van der Waals surface area contributed by atoms with Gasteiger partial charge in [0.25, 0.3) is 5.91 Å². The monoisotopic (exact) mass is 409 g/mol. The lowest BCUT2D eigenvalue weighted by Crippen LogP contribution is -2.45. The molecule has 1 aliphatic heterocycles. The molecular formula is C23H27N3O4. The molecule has 0 unspecified atom stereocenters. The summed E-state index contributed by atoms with van der Waals surface area (Å²) in [6.45, 7) is 2.66. The second-order valence-electron chi connectivity index (χ2n) is 8.43. The van der Waals surface area contributed by atoms with Gasteiger partial charge in [0.2, 0.25) is 5.91 Å². The molecule has 1 aromatic carbocycles. The topological polar surface area (TPSA) is 103 Å². The highest BCUT2D eigenvalue weighted by molar-refractivity contribution is 6.05. The van der Waals surface area contributed by atoms with Crippen molar-refractivity contribution in [3.05, 3.63) is 41.1 Å². The SMILES string of the molecule is C[C@@H]1CCc2nc3ccccc3c(C(=O)OCC(=O)N3CCC[C@@H](C(N)=O)C3)c2C1. The Morgan fingerprint density at radius 3 is 2.83 bits per heavy atom. The average molecular weight is 409 g/mol. The lowest BCUT2D eigenvalue weighted by Gasteiger charge is -2.31. The van der Waals surface area contributed by atoms with Crippen LogP contribution >= 0.6 is 0 Å². The third-order valence-corrected chi connectivity index (χ3v) is 6.21. The Morgan fingerprint density at radius 1 is 1.23 bits per heavy atom. The summed E-state index contributed by atoms with van der Waals surface area (Å²) in [5, 5.41) is 0.759.